The van der Waals surface area contributed by atoms with E-state index in [4.69, 9.17) is 0 Å². The summed E-state index contributed by atoms with van der Waals surface area (Å²) in [7, 11) is -6.84. The average Bonchev–Trinajstić information content (AvgIpc) is 3.36. The highest BCUT2D eigenvalue weighted by molar-refractivity contribution is 7.91. The number of nitrogens with zero attached hydrogens (tertiary/aromatic N) is 2. The Labute approximate surface area is 178 Å². The molecule has 3 heterocycles. The Morgan fingerprint density at radius 3 is 2.40 bits per heavy atom. The van der Waals surface area contributed by atoms with Crippen molar-refractivity contribution in [1.29, 1.82) is 0 Å². The number of likely N-dealkylation sites (tertiary alicyclic amines) is 1. The number of sulfonamides is 1. The number of nitrogens with one attached hydrogen (secondary N) is 1. The zero-order valence-electron chi connectivity index (χ0n) is 16.9. The number of piperidine rings is 1. The molecule has 10 heteroatoms. The minimum Gasteiger partial charge on any atom is -0.350 e. The van der Waals surface area contributed by atoms with Crippen molar-refractivity contribution in [3.05, 3.63) is 30.3 Å². The Morgan fingerprint density at radius 2 is 1.70 bits per heavy atom. The summed E-state index contributed by atoms with van der Waals surface area (Å²) in [6.45, 7) is 2.23. The molecule has 3 aliphatic heterocycles. The fourth-order valence-electron chi connectivity index (χ4n) is 4.82. The molecular formula is C20H29N3O5S2. The van der Waals surface area contributed by atoms with E-state index in [0.29, 0.717) is 19.4 Å². The number of sulfone groups is 1. The maximum Gasteiger partial charge on any atom is 0.243 e. The maximum atomic E-state index is 13.0. The molecule has 3 unspecified atom stereocenters. The van der Waals surface area contributed by atoms with Gasteiger partial charge in [-0.25, -0.2) is 16.8 Å². The number of carbonyl (C=O) groups is 1. The standard InChI is InChI=1S/C20H29N3O5S2/c24-20(21-18-14-29(25,26)15-19(18)22-10-4-5-11-22)16-7-6-12-23(13-16)30(27,28)17-8-2-1-3-9-17/h1-3,8-9,16,18-19H,4-7,10-15H2,(H,21,24). The molecule has 1 N–H and O–H groups in total. The number of amides is 1. The van der Waals surface area contributed by atoms with Crippen LogP contribution in [0.5, 0.6) is 0 Å². The normalized spacial score (nSPS) is 30.3. The van der Waals surface area contributed by atoms with Gasteiger partial charge in [0.25, 0.3) is 0 Å². The lowest BCUT2D eigenvalue weighted by molar-refractivity contribution is -0.127. The van der Waals surface area contributed by atoms with Crippen LogP contribution in [0.3, 0.4) is 0 Å². The van der Waals surface area contributed by atoms with Crippen molar-refractivity contribution in [3.63, 3.8) is 0 Å². The highest BCUT2D eigenvalue weighted by atomic mass is 32.2. The van der Waals surface area contributed by atoms with Crippen molar-refractivity contribution in [1.82, 2.24) is 14.5 Å². The van der Waals surface area contributed by atoms with E-state index in [2.05, 4.69) is 10.2 Å². The predicted octanol–water partition coefficient (Wildman–Crippen LogP) is 0.465. The Kier molecular flexibility index (Phi) is 6.20. The largest absolute Gasteiger partial charge is 0.350 e. The van der Waals surface area contributed by atoms with Crippen LogP contribution < -0.4 is 5.32 Å². The molecule has 3 aliphatic rings. The molecular weight excluding hydrogens is 426 g/mol. The lowest BCUT2D eigenvalue weighted by Gasteiger charge is -2.33. The molecule has 0 aliphatic carbocycles. The van der Waals surface area contributed by atoms with Gasteiger partial charge in [-0.15, -0.1) is 0 Å². The van der Waals surface area contributed by atoms with Gasteiger partial charge < -0.3 is 5.32 Å². The molecule has 1 amide bonds. The zero-order valence-corrected chi connectivity index (χ0v) is 18.6. The molecule has 166 valence electrons. The molecule has 3 saturated heterocycles. The Balaban J connectivity index is 1.44. The Morgan fingerprint density at radius 1 is 1.00 bits per heavy atom. The van der Waals surface area contributed by atoms with Gasteiger partial charge >= 0.3 is 0 Å². The van der Waals surface area contributed by atoms with E-state index in [0.717, 1.165) is 25.9 Å². The second-order valence-electron chi connectivity index (χ2n) is 8.52. The number of carbonyl (C=O) groups excluding carboxylic acids is 1. The number of hydrogen-bond donors (Lipinski definition) is 1. The van der Waals surface area contributed by atoms with E-state index in [-0.39, 0.29) is 34.9 Å². The summed E-state index contributed by atoms with van der Waals surface area (Å²) in [5.74, 6) is -0.676. The van der Waals surface area contributed by atoms with Crippen LogP contribution in [0, 0.1) is 5.92 Å². The maximum absolute atomic E-state index is 13.0. The van der Waals surface area contributed by atoms with Gasteiger partial charge in [0.15, 0.2) is 9.84 Å². The first-order chi connectivity index (χ1) is 14.3. The molecule has 0 bridgehead atoms. The first-order valence-electron chi connectivity index (χ1n) is 10.6. The summed E-state index contributed by atoms with van der Waals surface area (Å²) >= 11 is 0. The molecule has 8 nitrogen and oxygen atoms in total. The molecule has 30 heavy (non-hydrogen) atoms. The van der Waals surface area contributed by atoms with Crippen LogP contribution in [0.15, 0.2) is 35.2 Å². The third-order valence-electron chi connectivity index (χ3n) is 6.40. The van der Waals surface area contributed by atoms with Crippen molar-refractivity contribution < 1.29 is 21.6 Å². The third kappa shape index (κ3) is 4.56. The first-order valence-corrected chi connectivity index (χ1v) is 13.8. The summed E-state index contributed by atoms with van der Waals surface area (Å²) in [6.07, 6.45) is 3.29. The molecule has 0 saturated carbocycles. The van der Waals surface area contributed by atoms with Crippen LogP contribution in [0.2, 0.25) is 0 Å². The molecule has 3 atom stereocenters. The summed E-state index contributed by atoms with van der Waals surface area (Å²) in [5.41, 5.74) is 0. The van der Waals surface area contributed by atoms with Crippen molar-refractivity contribution in [2.45, 2.75) is 42.7 Å². The van der Waals surface area contributed by atoms with Gasteiger partial charge in [0.2, 0.25) is 15.9 Å². The molecule has 0 spiro atoms. The van der Waals surface area contributed by atoms with Crippen LogP contribution in [-0.2, 0) is 24.7 Å². The molecule has 3 fully saturated rings. The highest BCUT2D eigenvalue weighted by Crippen LogP contribution is 2.26. The van der Waals surface area contributed by atoms with Gasteiger partial charge in [0.1, 0.15) is 0 Å². The van der Waals surface area contributed by atoms with Gasteiger partial charge in [-0.1, -0.05) is 18.2 Å². The first kappa shape index (κ1) is 21.7. The third-order valence-corrected chi connectivity index (χ3v) is 9.99. The summed E-state index contributed by atoms with van der Waals surface area (Å²) in [5, 5.41) is 2.96. The van der Waals surface area contributed by atoms with Crippen molar-refractivity contribution >= 4 is 25.8 Å². The molecule has 1 aromatic carbocycles. The van der Waals surface area contributed by atoms with E-state index < -0.39 is 31.8 Å². The van der Waals surface area contributed by atoms with Crippen LogP contribution in [0.4, 0.5) is 0 Å². The Bertz CT molecular complexity index is 975. The lowest BCUT2D eigenvalue weighted by Crippen LogP contribution is -2.53. The second kappa shape index (κ2) is 8.57. The minimum atomic E-state index is -3.65. The van der Waals surface area contributed by atoms with Crippen molar-refractivity contribution in [2.75, 3.05) is 37.7 Å². The van der Waals surface area contributed by atoms with Crippen LogP contribution in [-0.4, -0.2) is 81.7 Å². The summed E-state index contributed by atoms with van der Waals surface area (Å²) in [4.78, 5) is 15.4. The van der Waals surface area contributed by atoms with Gasteiger partial charge in [-0.05, 0) is 50.9 Å². The van der Waals surface area contributed by atoms with E-state index in [1.807, 2.05) is 0 Å². The smallest absolute Gasteiger partial charge is 0.243 e. The monoisotopic (exact) mass is 455 g/mol. The number of benzene rings is 1. The molecule has 4 rings (SSSR count). The quantitative estimate of drug-likeness (QED) is 0.692. The summed E-state index contributed by atoms with van der Waals surface area (Å²) in [6, 6.07) is 7.63. The van der Waals surface area contributed by atoms with E-state index in [1.165, 1.54) is 4.31 Å². The van der Waals surface area contributed by atoms with Crippen molar-refractivity contribution in [2.24, 2.45) is 5.92 Å². The minimum absolute atomic E-state index is 0.0430. The van der Waals surface area contributed by atoms with E-state index in [9.17, 15) is 21.6 Å². The molecule has 1 aromatic rings. The Hall–Kier alpha value is -1.49. The zero-order chi connectivity index (χ0) is 21.4. The van der Waals surface area contributed by atoms with Crippen LogP contribution >= 0.6 is 0 Å². The van der Waals surface area contributed by atoms with Crippen LogP contribution in [0.1, 0.15) is 25.7 Å². The van der Waals surface area contributed by atoms with E-state index in [1.54, 1.807) is 30.3 Å². The predicted molar refractivity (Wildman–Crippen MR) is 113 cm³/mol. The fraction of sp³-hybridized carbons (Fsp3) is 0.650. The fourth-order valence-corrected chi connectivity index (χ4v) is 8.31. The summed E-state index contributed by atoms with van der Waals surface area (Å²) < 4.78 is 51.7. The topological polar surface area (TPSA) is 104 Å². The van der Waals surface area contributed by atoms with Crippen molar-refractivity contribution in [3.8, 4) is 0 Å². The number of hydrogen-bond acceptors (Lipinski definition) is 6. The number of rotatable bonds is 5. The average molecular weight is 456 g/mol. The van der Waals surface area contributed by atoms with E-state index >= 15 is 0 Å². The lowest BCUT2D eigenvalue weighted by atomic mass is 9.98. The van der Waals surface area contributed by atoms with Gasteiger partial charge in [0.05, 0.1) is 28.4 Å². The van der Waals surface area contributed by atoms with Gasteiger partial charge in [-0.3, -0.25) is 9.69 Å². The molecule has 0 radical (unpaired) electrons. The molecule has 0 aromatic heterocycles. The van der Waals surface area contributed by atoms with Crippen LogP contribution in [0.25, 0.3) is 0 Å². The highest BCUT2D eigenvalue weighted by Gasteiger charge is 2.43. The van der Waals surface area contributed by atoms with Gasteiger partial charge in [-0.2, -0.15) is 4.31 Å². The second-order valence-corrected chi connectivity index (χ2v) is 12.6. The SMILES string of the molecule is O=C(NC1CS(=O)(=O)CC1N1CCCC1)C1CCCN(S(=O)(=O)c2ccccc2)C1. The van der Waals surface area contributed by atoms with Gasteiger partial charge in [0, 0.05) is 19.1 Å².